The number of aliphatic hydroxyl groups is 2. The number of hydrogen-bond acceptors (Lipinski definition) is 4. The number of allylic oxidation sites excluding steroid dienone is 2. The van der Waals surface area contributed by atoms with Crippen molar-refractivity contribution < 1.29 is 19.7 Å². The summed E-state index contributed by atoms with van der Waals surface area (Å²) in [4.78, 5) is 11.0. The standard InChI is InChI=1S/C18H32O4/c1-3-4-7-10-14-15(17(20)13-16(14)19)11-8-5-6-9-12-18(21)22-2/h5,8,14-17,19-20H,3-4,6-7,9-13H2,1-2H3/b8-5-/t14?,15-,16-,17+/m1/s1. The zero-order chi connectivity index (χ0) is 16.4. The van der Waals surface area contributed by atoms with Crippen LogP contribution < -0.4 is 0 Å². The van der Waals surface area contributed by atoms with Crippen LogP contribution in [0.1, 0.15) is 64.7 Å². The zero-order valence-electron chi connectivity index (χ0n) is 14.0. The van der Waals surface area contributed by atoms with Crippen molar-refractivity contribution in [3.05, 3.63) is 12.2 Å². The summed E-state index contributed by atoms with van der Waals surface area (Å²) in [5.41, 5.74) is 0. The van der Waals surface area contributed by atoms with Gasteiger partial charge in [0.05, 0.1) is 19.3 Å². The van der Waals surface area contributed by atoms with Crippen LogP contribution in [0.5, 0.6) is 0 Å². The maximum absolute atomic E-state index is 11.0. The Bertz CT molecular complexity index is 340. The predicted octanol–water partition coefficient (Wildman–Crippen LogP) is 3.21. The molecule has 0 aromatic heterocycles. The van der Waals surface area contributed by atoms with Gasteiger partial charge in [-0.3, -0.25) is 4.79 Å². The van der Waals surface area contributed by atoms with Crippen molar-refractivity contribution in [2.75, 3.05) is 7.11 Å². The quantitative estimate of drug-likeness (QED) is 0.369. The van der Waals surface area contributed by atoms with Crippen molar-refractivity contribution >= 4 is 5.97 Å². The number of aliphatic hydroxyl groups excluding tert-OH is 2. The SMILES string of the molecule is CCCCCC1[C@H](O)C[C@H](O)[C@@H]1C/C=C\CCCC(=O)OC. The normalized spacial score (nSPS) is 28.4. The molecule has 4 atom stereocenters. The first-order valence-corrected chi connectivity index (χ1v) is 8.68. The molecular weight excluding hydrogens is 280 g/mol. The van der Waals surface area contributed by atoms with Gasteiger partial charge in [0.15, 0.2) is 0 Å². The minimum Gasteiger partial charge on any atom is -0.469 e. The molecule has 1 aliphatic rings. The lowest BCUT2D eigenvalue weighted by Gasteiger charge is -2.22. The highest BCUT2D eigenvalue weighted by atomic mass is 16.5. The summed E-state index contributed by atoms with van der Waals surface area (Å²) in [7, 11) is 1.41. The lowest BCUT2D eigenvalue weighted by atomic mass is 9.86. The molecule has 0 radical (unpaired) electrons. The van der Waals surface area contributed by atoms with E-state index >= 15 is 0 Å². The maximum Gasteiger partial charge on any atom is 0.305 e. The van der Waals surface area contributed by atoms with E-state index in [-0.39, 0.29) is 30.0 Å². The van der Waals surface area contributed by atoms with E-state index < -0.39 is 0 Å². The zero-order valence-corrected chi connectivity index (χ0v) is 14.0. The van der Waals surface area contributed by atoms with Crippen molar-refractivity contribution in [3.8, 4) is 0 Å². The van der Waals surface area contributed by atoms with Crippen molar-refractivity contribution in [1.82, 2.24) is 0 Å². The average molecular weight is 312 g/mol. The largest absolute Gasteiger partial charge is 0.469 e. The molecule has 1 aliphatic carbocycles. The Morgan fingerprint density at radius 2 is 1.86 bits per heavy atom. The van der Waals surface area contributed by atoms with Crippen molar-refractivity contribution in [3.63, 3.8) is 0 Å². The van der Waals surface area contributed by atoms with Gasteiger partial charge in [0, 0.05) is 6.42 Å². The van der Waals surface area contributed by atoms with Gasteiger partial charge in [0.2, 0.25) is 0 Å². The number of hydrogen-bond donors (Lipinski definition) is 2. The molecule has 0 aromatic carbocycles. The summed E-state index contributed by atoms with van der Waals surface area (Å²) < 4.78 is 4.60. The molecule has 4 heteroatoms. The molecule has 0 amide bonds. The number of carbonyl (C=O) groups is 1. The number of esters is 1. The Morgan fingerprint density at radius 3 is 2.55 bits per heavy atom. The average Bonchev–Trinajstić information content (AvgIpc) is 2.77. The minimum absolute atomic E-state index is 0.168. The molecule has 128 valence electrons. The summed E-state index contributed by atoms with van der Waals surface area (Å²) in [6.45, 7) is 2.18. The third-order valence-corrected chi connectivity index (χ3v) is 4.72. The maximum atomic E-state index is 11.0. The summed E-state index contributed by atoms with van der Waals surface area (Å²) in [6.07, 6.45) is 11.3. The van der Waals surface area contributed by atoms with Crippen molar-refractivity contribution in [1.29, 1.82) is 0 Å². The molecular formula is C18H32O4. The monoisotopic (exact) mass is 312 g/mol. The number of unbranched alkanes of at least 4 members (excludes halogenated alkanes) is 3. The highest BCUT2D eigenvalue weighted by Gasteiger charge is 2.40. The van der Waals surface area contributed by atoms with Gasteiger partial charge in [-0.15, -0.1) is 0 Å². The molecule has 1 unspecified atom stereocenters. The van der Waals surface area contributed by atoms with Gasteiger partial charge in [0.25, 0.3) is 0 Å². The van der Waals surface area contributed by atoms with E-state index in [9.17, 15) is 15.0 Å². The molecule has 1 rings (SSSR count). The Morgan fingerprint density at radius 1 is 1.14 bits per heavy atom. The molecule has 0 aromatic rings. The van der Waals surface area contributed by atoms with Crippen LogP contribution in [0.2, 0.25) is 0 Å². The van der Waals surface area contributed by atoms with E-state index in [1.807, 2.05) is 0 Å². The fraction of sp³-hybridized carbons (Fsp3) is 0.833. The second-order valence-corrected chi connectivity index (χ2v) is 6.37. The fourth-order valence-electron chi connectivity index (χ4n) is 3.37. The molecule has 0 aliphatic heterocycles. The second kappa shape index (κ2) is 10.8. The molecule has 1 fully saturated rings. The van der Waals surface area contributed by atoms with Crippen molar-refractivity contribution in [2.24, 2.45) is 11.8 Å². The first kappa shape index (κ1) is 19.2. The predicted molar refractivity (Wildman–Crippen MR) is 87.4 cm³/mol. The van der Waals surface area contributed by atoms with Gasteiger partial charge >= 0.3 is 5.97 Å². The van der Waals surface area contributed by atoms with Crippen LogP contribution in [0, 0.1) is 11.8 Å². The number of ether oxygens (including phenoxy) is 1. The molecule has 0 spiro atoms. The van der Waals surface area contributed by atoms with Crippen LogP contribution >= 0.6 is 0 Å². The number of rotatable bonds is 10. The molecule has 0 heterocycles. The van der Waals surface area contributed by atoms with Crippen LogP contribution in [0.15, 0.2) is 12.2 Å². The summed E-state index contributed by atoms with van der Waals surface area (Å²) in [5.74, 6) is 0.226. The van der Waals surface area contributed by atoms with Gasteiger partial charge in [-0.25, -0.2) is 0 Å². The molecule has 2 N–H and O–H groups in total. The summed E-state index contributed by atoms with van der Waals surface area (Å²) in [6, 6.07) is 0. The topological polar surface area (TPSA) is 66.8 Å². The van der Waals surface area contributed by atoms with E-state index in [1.54, 1.807) is 0 Å². The molecule has 4 nitrogen and oxygen atoms in total. The first-order chi connectivity index (χ1) is 10.6. The Kier molecular flexibility index (Phi) is 9.41. The molecule has 1 saturated carbocycles. The van der Waals surface area contributed by atoms with Gasteiger partial charge in [-0.2, -0.15) is 0 Å². The van der Waals surface area contributed by atoms with Crippen LogP contribution in [0.3, 0.4) is 0 Å². The summed E-state index contributed by atoms with van der Waals surface area (Å²) in [5, 5.41) is 20.3. The van der Waals surface area contributed by atoms with Gasteiger partial charge < -0.3 is 14.9 Å². The number of carbonyl (C=O) groups excluding carboxylic acids is 1. The van der Waals surface area contributed by atoms with Crippen LogP contribution in [-0.4, -0.2) is 35.5 Å². The Hall–Kier alpha value is -0.870. The van der Waals surface area contributed by atoms with E-state index in [0.29, 0.717) is 12.8 Å². The Labute approximate surface area is 134 Å². The number of methoxy groups -OCH3 is 1. The van der Waals surface area contributed by atoms with E-state index in [0.717, 1.165) is 32.1 Å². The third kappa shape index (κ3) is 6.49. The first-order valence-electron chi connectivity index (χ1n) is 8.68. The van der Waals surface area contributed by atoms with Crippen LogP contribution in [-0.2, 0) is 9.53 Å². The van der Waals surface area contributed by atoms with Gasteiger partial charge in [-0.1, -0.05) is 38.3 Å². The highest BCUT2D eigenvalue weighted by molar-refractivity contribution is 5.68. The molecule has 0 saturated heterocycles. The van der Waals surface area contributed by atoms with Crippen molar-refractivity contribution in [2.45, 2.75) is 76.9 Å². The second-order valence-electron chi connectivity index (χ2n) is 6.37. The molecule has 22 heavy (non-hydrogen) atoms. The van der Waals surface area contributed by atoms with Crippen LogP contribution in [0.25, 0.3) is 0 Å². The smallest absolute Gasteiger partial charge is 0.305 e. The van der Waals surface area contributed by atoms with E-state index in [1.165, 1.54) is 20.0 Å². The highest BCUT2D eigenvalue weighted by Crippen LogP contribution is 2.38. The van der Waals surface area contributed by atoms with Gasteiger partial charge in [-0.05, 0) is 43.9 Å². The third-order valence-electron chi connectivity index (χ3n) is 4.72. The Balaban J connectivity index is 2.32. The van der Waals surface area contributed by atoms with Gasteiger partial charge in [0.1, 0.15) is 0 Å². The van der Waals surface area contributed by atoms with E-state index in [4.69, 9.17) is 0 Å². The minimum atomic E-state index is -0.388. The summed E-state index contributed by atoms with van der Waals surface area (Å²) >= 11 is 0. The van der Waals surface area contributed by atoms with E-state index in [2.05, 4.69) is 23.8 Å². The lowest BCUT2D eigenvalue weighted by Crippen LogP contribution is -2.21. The lowest BCUT2D eigenvalue weighted by molar-refractivity contribution is -0.140. The van der Waals surface area contributed by atoms with Crippen LogP contribution in [0.4, 0.5) is 0 Å². The molecule has 0 bridgehead atoms. The fourth-order valence-corrected chi connectivity index (χ4v) is 3.37.